The summed E-state index contributed by atoms with van der Waals surface area (Å²) in [5.74, 6) is 0. The van der Waals surface area contributed by atoms with E-state index in [1.54, 1.807) is 12.4 Å². The molecule has 0 amide bonds. The number of hydrogen-bond donors (Lipinski definition) is 0. The van der Waals surface area contributed by atoms with Crippen molar-refractivity contribution in [2.75, 3.05) is 0 Å². The second-order valence-corrected chi connectivity index (χ2v) is 2.82. The first-order valence-corrected chi connectivity index (χ1v) is 4.13. The topological polar surface area (TPSA) is 12.9 Å². The molecule has 2 rings (SSSR count). The van der Waals surface area contributed by atoms with E-state index in [0.717, 1.165) is 16.7 Å². The van der Waals surface area contributed by atoms with Gasteiger partial charge in [0, 0.05) is 12.4 Å². The molecular weight excluding hydrogens is 158 g/mol. The molecular formula is C12H9N. The molecule has 0 saturated heterocycles. The lowest BCUT2D eigenvalue weighted by atomic mass is 10.0. The van der Waals surface area contributed by atoms with Crippen LogP contribution in [0.25, 0.3) is 11.1 Å². The number of aromatic nitrogens is 1. The van der Waals surface area contributed by atoms with E-state index in [1.165, 1.54) is 0 Å². The predicted molar refractivity (Wildman–Crippen MR) is 53.1 cm³/mol. The van der Waals surface area contributed by atoms with Crippen LogP contribution in [-0.2, 0) is 0 Å². The third-order valence-corrected chi connectivity index (χ3v) is 1.95. The van der Waals surface area contributed by atoms with Gasteiger partial charge in [-0.3, -0.25) is 4.98 Å². The van der Waals surface area contributed by atoms with Crippen LogP contribution in [-0.4, -0.2) is 4.98 Å². The first kappa shape index (κ1) is 7.99. The van der Waals surface area contributed by atoms with Crippen LogP contribution >= 0.6 is 0 Å². The average Bonchev–Trinajstić information content (AvgIpc) is 2.20. The first-order valence-electron chi connectivity index (χ1n) is 4.13. The van der Waals surface area contributed by atoms with E-state index >= 15 is 0 Å². The molecule has 13 heavy (non-hydrogen) atoms. The zero-order chi connectivity index (χ0) is 9.10. The van der Waals surface area contributed by atoms with E-state index in [0.29, 0.717) is 0 Å². The Labute approximate surface area is 78.1 Å². The predicted octanol–water partition coefficient (Wildman–Crippen LogP) is 2.81. The second-order valence-electron chi connectivity index (χ2n) is 2.82. The standard InChI is InChI=1S/C12H9N/c1-10-4-2-3-5-12(10)11-6-8-13-9-7-11/h1-9H. The van der Waals surface area contributed by atoms with Crippen LogP contribution < -0.4 is 0 Å². The highest BCUT2D eigenvalue weighted by Gasteiger charge is 1.98. The monoisotopic (exact) mass is 167 g/mol. The summed E-state index contributed by atoms with van der Waals surface area (Å²) in [5, 5.41) is 0. The maximum Gasteiger partial charge on any atom is 0.0273 e. The van der Waals surface area contributed by atoms with Gasteiger partial charge in [-0.25, -0.2) is 0 Å². The highest BCUT2D eigenvalue weighted by Crippen LogP contribution is 2.21. The molecule has 0 unspecified atom stereocenters. The van der Waals surface area contributed by atoms with Gasteiger partial charge in [-0.1, -0.05) is 24.3 Å². The van der Waals surface area contributed by atoms with E-state index < -0.39 is 0 Å². The number of hydrogen-bond acceptors (Lipinski definition) is 1. The number of pyridine rings is 1. The van der Waals surface area contributed by atoms with Gasteiger partial charge in [0.1, 0.15) is 0 Å². The fraction of sp³-hybridized carbons (Fsp3) is 0. The van der Waals surface area contributed by atoms with Crippen molar-refractivity contribution >= 4 is 0 Å². The van der Waals surface area contributed by atoms with Crippen molar-refractivity contribution in [2.45, 2.75) is 0 Å². The van der Waals surface area contributed by atoms with Crippen molar-refractivity contribution in [1.29, 1.82) is 0 Å². The van der Waals surface area contributed by atoms with E-state index in [4.69, 9.17) is 6.92 Å². The summed E-state index contributed by atoms with van der Waals surface area (Å²) in [5.41, 5.74) is 2.96. The van der Waals surface area contributed by atoms with Crippen molar-refractivity contribution in [3.05, 3.63) is 61.3 Å². The molecule has 0 fully saturated rings. The van der Waals surface area contributed by atoms with Crippen LogP contribution in [0.4, 0.5) is 0 Å². The molecule has 0 aliphatic rings. The van der Waals surface area contributed by atoms with Crippen LogP contribution in [0.2, 0.25) is 0 Å². The Morgan fingerprint density at radius 3 is 2.31 bits per heavy atom. The maximum absolute atomic E-state index is 5.83. The molecule has 1 aromatic carbocycles. The minimum Gasteiger partial charge on any atom is -0.265 e. The molecule has 2 radical (unpaired) electrons. The minimum atomic E-state index is 0.800. The zero-order valence-electron chi connectivity index (χ0n) is 7.14. The van der Waals surface area contributed by atoms with Gasteiger partial charge >= 0.3 is 0 Å². The smallest absolute Gasteiger partial charge is 0.0273 e. The number of benzene rings is 1. The second kappa shape index (κ2) is 3.40. The first-order chi connectivity index (χ1) is 6.38. The normalized spacial score (nSPS) is 9.92. The van der Waals surface area contributed by atoms with Crippen LogP contribution in [0.3, 0.4) is 0 Å². The molecule has 1 heterocycles. The molecule has 62 valence electrons. The van der Waals surface area contributed by atoms with Crippen LogP contribution in [0.1, 0.15) is 5.56 Å². The van der Waals surface area contributed by atoms with Crippen LogP contribution in [0.5, 0.6) is 0 Å². The van der Waals surface area contributed by atoms with Crippen LogP contribution in [0.15, 0.2) is 48.8 Å². The SMILES string of the molecule is [CH]c1ccccc1-c1ccncc1. The lowest BCUT2D eigenvalue weighted by Gasteiger charge is -2.03. The summed E-state index contributed by atoms with van der Waals surface area (Å²) in [6, 6.07) is 11.7. The zero-order valence-corrected chi connectivity index (χ0v) is 7.14. The quantitative estimate of drug-likeness (QED) is 0.636. The number of rotatable bonds is 1. The van der Waals surface area contributed by atoms with Crippen molar-refractivity contribution in [3.63, 3.8) is 0 Å². The van der Waals surface area contributed by atoms with Gasteiger partial charge < -0.3 is 0 Å². The van der Waals surface area contributed by atoms with Gasteiger partial charge in [0.2, 0.25) is 0 Å². The van der Waals surface area contributed by atoms with Gasteiger partial charge in [-0.15, -0.1) is 0 Å². The number of nitrogens with zero attached hydrogens (tertiary/aromatic N) is 1. The molecule has 0 aliphatic carbocycles. The van der Waals surface area contributed by atoms with Gasteiger partial charge in [-0.2, -0.15) is 0 Å². The lowest BCUT2D eigenvalue weighted by molar-refractivity contribution is 1.33. The fourth-order valence-electron chi connectivity index (χ4n) is 1.29. The molecule has 2 aromatic rings. The Kier molecular flexibility index (Phi) is 2.09. The maximum atomic E-state index is 5.83. The summed E-state index contributed by atoms with van der Waals surface area (Å²) in [7, 11) is 0. The molecule has 1 aromatic heterocycles. The molecule has 0 spiro atoms. The Balaban J connectivity index is 2.54. The summed E-state index contributed by atoms with van der Waals surface area (Å²) < 4.78 is 0. The van der Waals surface area contributed by atoms with Gasteiger partial charge in [0.15, 0.2) is 0 Å². The fourth-order valence-corrected chi connectivity index (χ4v) is 1.29. The highest BCUT2D eigenvalue weighted by molar-refractivity contribution is 5.67. The Bertz CT molecular complexity index is 393. The molecule has 0 N–H and O–H groups in total. The van der Waals surface area contributed by atoms with Gasteiger partial charge in [0.25, 0.3) is 0 Å². The summed E-state index contributed by atoms with van der Waals surface area (Å²) >= 11 is 0. The van der Waals surface area contributed by atoms with E-state index in [-0.39, 0.29) is 0 Å². The average molecular weight is 167 g/mol. The molecule has 0 atom stereocenters. The Morgan fingerprint density at radius 2 is 1.62 bits per heavy atom. The summed E-state index contributed by atoms with van der Waals surface area (Å²) in [6.07, 6.45) is 3.53. The van der Waals surface area contributed by atoms with E-state index in [2.05, 4.69) is 4.98 Å². The van der Waals surface area contributed by atoms with E-state index in [1.807, 2.05) is 36.4 Å². The van der Waals surface area contributed by atoms with Crippen molar-refractivity contribution in [3.8, 4) is 11.1 Å². The van der Waals surface area contributed by atoms with E-state index in [9.17, 15) is 0 Å². The summed E-state index contributed by atoms with van der Waals surface area (Å²) in [6.45, 7) is 5.83. The van der Waals surface area contributed by atoms with Gasteiger partial charge in [-0.05, 0) is 35.7 Å². The third-order valence-electron chi connectivity index (χ3n) is 1.95. The molecule has 0 bridgehead atoms. The third kappa shape index (κ3) is 1.59. The van der Waals surface area contributed by atoms with Crippen molar-refractivity contribution in [2.24, 2.45) is 0 Å². The largest absolute Gasteiger partial charge is 0.265 e. The lowest BCUT2D eigenvalue weighted by Crippen LogP contribution is -1.81. The minimum absolute atomic E-state index is 0.800. The molecule has 1 nitrogen and oxygen atoms in total. The molecule has 0 saturated carbocycles. The van der Waals surface area contributed by atoms with Crippen molar-refractivity contribution in [1.82, 2.24) is 4.98 Å². The highest BCUT2D eigenvalue weighted by atomic mass is 14.6. The van der Waals surface area contributed by atoms with Crippen molar-refractivity contribution < 1.29 is 0 Å². The molecule has 1 heteroatoms. The molecule has 0 aliphatic heterocycles. The Hall–Kier alpha value is -1.63. The van der Waals surface area contributed by atoms with Gasteiger partial charge in [0.05, 0.1) is 0 Å². The van der Waals surface area contributed by atoms with Crippen LogP contribution in [0, 0.1) is 6.92 Å². The Morgan fingerprint density at radius 1 is 0.923 bits per heavy atom. The summed E-state index contributed by atoms with van der Waals surface area (Å²) in [4.78, 5) is 3.96.